The summed E-state index contributed by atoms with van der Waals surface area (Å²) in [6.07, 6.45) is 1.64. The number of Topliss-reactive ketones (excluding diaryl/α,β-unsaturated/α-hetero) is 1. The minimum Gasteiger partial charge on any atom is -0.304 e. The van der Waals surface area contributed by atoms with E-state index in [1.807, 2.05) is 95.5 Å². The molecule has 0 aliphatic carbocycles. The molecule has 0 fully saturated rings. The highest BCUT2D eigenvalue weighted by Crippen LogP contribution is 2.28. The third-order valence-electron chi connectivity index (χ3n) is 5.63. The summed E-state index contributed by atoms with van der Waals surface area (Å²) in [6, 6.07) is 19.5. The van der Waals surface area contributed by atoms with Crippen molar-refractivity contribution in [3.8, 4) is 22.6 Å². The van der Waals surface area contributed by atoms with E-state index in [0.717, 1.165) is 11.1 Å². The molecule has 0 bridgehead atoms. The maximum atomic E-state index is 13.6. The van der Waals surface area contributed by atoms with E-state index < -0.39 is 5.91 Å². The number of carbonyl (C=O) groups excluding carboxylic acids is 1. The predicted molar refractivity (Wildman–Crippen MR) is 126 cm³/mol. The van der Waals surface area contributed by atoms with Crippen molar-refractivity contribution in [3.05, 3.63) is 72.4 Å². The van der Waals surface area contributed by atoms with Gasteiger partial charge in [-0.15, -0.1) is 0 Å². The monoisotopic (exact) mass is 434 g/mol. The Morgan fingerprint density at radius 3 is 1.97 bits per heavy atom. The molecular weight excluding hydrogens is 402 g/mol. The van der Waals surface area contributed by atoms with Crippen molar-refractivity contribution in [2.45, 2.75) is 26.7 Å². The number of rotatable bonds is 10. The van der Waals surface area contributed by atoms with Gasteiger partial charge in [0, 0.05) is 24.2 Å². The van der Waals surface area contributed by atoms with E-state index >= 15 is 0 Å². The lowest BCUT2D eigenvalue weighted by Crippen LogP contribution is -2.62. The number of hydrogen-bond donors (Lipinski definition) is 0. The van der Waals surface area contributed by atoms with Crippen molar-refractivity contribution in [2.24, 2.45) is 0 Å². The van der Waals surface area contributed by atoms with Gasteiger partial charge >= 0.3 is 5.91 Å². The minimum absolute atomic E-state index is 0.0703. The van der Waals surface area contributed by atoms with Gasteiger partial charge in [0.25, 0.3) is 0 Å². The van der Waals surface area contributed by atoms with Gasteiger partial charge in [-0.25, -0.2) is 9.97 Å². The molecule has 0 atom stereocenters. The third-order valence-corrected chi connectivity index (χ3v) is 5.63. The van der Waals surface area contributed by atoms with Crippen molar-refractivity contribution >= 4 is 5.78 Å². The van der Waals surface area contributed by atoms with Crippen LogP contribution in [0.25, 0.3) is 22.6 Å². The summed E-state index contributed by atoms with van der Waals surface area (Å²) in [5, 5.41) is 0. The molecule has 3 rings (SSSR count). The van der Waals surface area contributed by atoms with Crippen LogP contribution < -0.4 is 0 Å². The predicted octanol–water partition coefficient (Wildman–Crippen LogP) is 4.82. The largest absolute Gasteiger partial charge is 0.315 e. The van der Waals surface area contributed by atoms with Crippen LogP contribution >= 0.6 is 0 Å². The van der Waals surface area contributed by atoms with Gasteiger partial charge in [0.2, 0.25) is 5.78 Å². The summed E-state index contributed by atoms with van der Waals surface area (Å²) in [7, 11) is 3.87. The first kappa shape index (κ1) is 23.7. The van der Waals surface area contributed by atoms with Gasteiger partial charge in [0.05, 0.1) is 38.6 Å². The van der Waals surface area contributed by atoms with Crippen molar-refractivity contribution < 1.29 is 18.8 Å². The average Bonchev–Trinajstić information content (AvgIpc) is 2.80. The molecule has 0 aliphatic rings. The Labute approximate surface area is 190 Å². The summed E-state index contributed by atoms with van der Waals surface area (Å²) in [5.41, 5.74) is 2.88. The van der Waals surface area contributed by atoms with Gasteiger partial charge in [-0.1, -0.05) is 60.7 Å². The second kappa shape index (κ2) is 10.1. The summed E-state index contributed by atoms with van der Waals surface area (Å²) in [6.45, 7) is 6.85. The number of aromatic nitrogens is 2. The Balaban J connectivity index is 2.02. The van der Waals surface area contributed by atoms with Crippen LogP contribution in [-0.2, 0) is 9.47 Å². The second-order valence-corrected chi connectivity index (χ2v) is 8.22. The Morgan fingerprint density at radius 1 is 0.906 bits per heavy atom. The van der Waals surface area contributed by atoms with Crippen LogP contribution in [0.5, 0.6) is 0 Å². The number of carbonyl (C=O) groups is 1. The summed E-state index contributed by atoms with van der Waals surface area (Å²) >= 11 is 0. The molecule has 6 nitrogen and oxygen atoms in total. The first-order chi connectivity index (χ1) is 15.3. The zero-order chi connectivity index (χ0) is 23.2. The minimum atomic E-state index is -0.948. The van der Waals surface area contributed by atoms with Crippen molar-refractivity contribution in [3.63, 3.8) is 0 Å². The van der Waals surface area contributed by atoms with Gasteiger partial charge in [-0.2, -0.15) is 0 Å². The molecule has 0 unspecified atom stereocenters. The lowest BCUT2D eigenvalue weighted by atomic mass is 10.0. The van der Waals surface area contributed by atoms with Crippen LogP contribution in [0.4, 0.5) is 0 Å². The van der Waals surface area contributed by atoms with E-state index in [2.05, 4.69) is 4.98 Å². The Kier molecular flexibility index (Phi) is 7.51. The molecule has 168 valence electrons. The zero-order valence-corrected chi connectivity index (χ0v) is 19.5. The van der Waals surface area contributed by atoms with E-state index in [9.17, 15) is 4.79 Å². The quantitative estimate of drug-likeness (QED) is 0.260. The van der Waals surface area contributed by atoms with E-state index in [0.29, 0.717) is 30.3 Å². The van der Waals surface area contributed by atoms with Crippen molar-refractivity contribution in [1.82, 2.24) is 9.97 Å². The summed E-state index contributed by atoms with van der Waals surface area (Å²) in [4.78, 5) is 22.9. The van der Waals surface area contributed by atoms with Crippen molar-refractivity contribution in [1.29, 1.82) is 0 Å². The van der Waals surface area contributed by atoms with Gasteiger partial charge < -0.3 is 9.47 Å². The normalized spacial score (nSPS) is 12.0. The van der Waals surface area contributed by atoms with Crippen LogP contribution in [0, 0.1) is 0 Å². The highest BCUT2D eigenvalue weighted by Gasteiger charge is 2.45. The Morgan fingerprint density at radius 2 is 1.44 bits per heavy atom. The first-order valence-electron chi connectivity index (χ1n) is 10.9. The highest BCUT2D eigenvalue weighted by atomic mass is 16.7. The zero-order valence-electron chi connectivity index (χ0n) is 19.5. The molecule has 1 aromatic heterocycles. The Bertz CT molecular complexity index is 1030. The maximum Gasteiger partial charge on any atom is 0.315 e. The van der Waals surface area contributed by atoms with Crippen LogP contribution in [-0.4, -0.2) is 60.0 Å². The SMILES string of the molecule is CCOC(C)(OCC)[N+](C)(C)CC(=O)c1cnc(-c2ccccc2)nc1-c1ccccc1. The van der Waals surface area contributed by atoms with E-state index in [1.54, 1.807) is 6.20 Å². The van der Waals surface area contributed by atoms with E-state index in [1.165, 1.54) is 0 Å². The number of ketones is 1. The molecule has 0 saturated carbocycles. The van der Waals surface area contributed by atoms with E-state index in [-0.39, 0.29) is 16.8 Å². The smallest absolute Gasteiger partial charge is 0.304 e. The standard InChI is InChI=1S/C26H32N3O3/c1-6-31-26(3,32-7-2)29(4,5)19-23(30)22-18-27-25(21-16-12-9-13-17-21)28-24(22)20-14-10-8-11-15-20/h8-18H,6-7,19H2,1-5H3/q+1. The van der Waals surface area contributed by atoms with Gasteiger partial charge in [0.15, 0.2) is 5.82 Å². The molecular formula is C26H32N3O3+. The van der Waals surface area contributed by atoms with E-state index in [4.69, 9.17) is 14.5 Å². The molecule has 0 amide bonds. The average molecular weight is 435 g/mol. The molecule has 0 radical (unpaired) electrons. The Hall–Kier alpha value is -2.93. The molecule has 2 aromatic carbocycles. The molecule has 0 saturated heterocycles. The lowest BCUT2D eigenvalue weighted by Gasteiger charge is -2.43. The molecule has 0 spiro atoms. The molecule has 6 heteroatoms. The number of nitrogens with zero attached hydrogens (tertiary/aromatic N) is 3. The fourth-order valence-corrected chi connectivity index (χ4v) is 3.64. The molecule has 0 aliphatic heterocycles. The van der Waals surface area contributed by atoms with Crippen LogP contribution in [0.15, 0.2) is 66.9 Å². The number of ether oxygens (including phenoxy) is 2. The molecule has 0 N–H and O–H groups in total. The van der Waals surface area contributed by atoms with Crippen LogP contribution in [0.1, 0.15) is 31.1 Å². The van der Waals surface area contributed by atoms with Crippen molar-refractivity contribution in [2.75, 3.05) is 33.9 Å². The molecule has 32 heavy (non-hydrogen) atoms. The summed E-state index contributed by atoms with van der Waals surface area (Å²) in [5.74, 6) is -0.431. The van der Waals surface area contributed by atoms with Crippen LogP contribution in [0.3, 0.4) is 0 Å². The maximum absolute atomic E-state index is 13.6. The highest BCUT2D eigenvalue weighted by molar-refractivity contribution is 6.02. The first-order valence-corrected chi connectivity index (χ1v) is 10.9. The number of quaternary nitrogens is 1. The number of likely N-dealkylation sites (N-methyl/N-ethyl adjacent to an activating group) is 1. The molecule has 3 aromatic rings. The lowest BCUT2D eigenvalue weighted by molar-refractivity contribution is -0.987. The molecule has 1 heterocycles. The van der Waals surface area contributed by atoms with Gasteiger partial charge in [-0.05, 0) is 13.8 Å². The topological polar surface area (TPSA) is 61.3 Å². The second-order valence-electron chi connectivity index (χ2n) is 8.22. The summed E-state index contributed by atoms with van der Waals surface area (Å²) < 4.78 is 12.1. The van der Waals surface area contributed by atoms with Gasteiger partial charge in [0.1, 0.15) is 6.54 Å². The van der Waals surface area contributed by atoms with Crippen LogP contribution in [0.2, 0.25) is 0 Å². The fraction of sp³-hybridized carbons (Fsp3) is 0.346. The number of benzene rings is 2. The third kappa shape index (κ3) is 5.10. The van der Waals surface area contributed by atoms with Gasteiger partial charge in [-0.3, -0.25) is 9.28 Å². The fourth-order valence-electron chi connectivity index (χ4n) is 3.64. The number of hydrogen-bond acceptors (Lipinski definition) is 5.